The second kappa shape index (κ2) is 9.46. The summed E-state index contributed by atoms with van der Waals surface area (Å²) in [4.78, 5) is 5.41. The average Bonchev–Trinajstić information content (AvgIpc) is 2.55. The van der Waals surface area contributed by atoms with Crippen molar-refractivity contribution in [1.82, 2.24) is 4.90 Å². The summed E-state index contributed by atoms with van der Waals surface area (Å²) in [5.41, 5.74) is 0.720. The highest BCUT2D eigenvalue weighted by molar-refractivity contribution is 7.80. The Labute approximate surface area is 157 Å². The molecule has 0 aliphatic carbocycles. The van der Waals surface area contributed by atoms with E-state index in [0.29, 0.717) is 17.2 Å². The van der Waals surface area contributed by atoms with Gasteiger partial charge in [0.05, 0.1) is 46.3 Å². The zero-order valence-electron chi connectivity index (χ0n) is 15.9. The first kappa shape index (κ1) is 20.1. The van der Waals surface area contributed by atoms with Gasteiger partial charge in [0.1, 0.15) is 5.82 Å². The molecule has 1 saturated heterocycles. The van der Waals surface area contributed by atoms with E-state index in [1.54, 1.807) is 11.0 Å². The number of hydrogen-bond acceptors (Lipinski definition) is 1. The number of nitrogens with zero attached hydrogens (tertiary/aromatic N) is 1. The third-order valence-corrected chi connectivity index (χ3v) is 5.38. The van der Waals surface area contributed by atoms with Crippen LogP contribution < -0.4 is 15.1 Å². The van der Waals surface area contributed by atoms with Gasteiger partial charge in [-0.25, -0.2) is 4.39 Å². The molecular weight excluding hydrogens is 335 g/mol. The number of halogens is 1. The van der Waals surface area contributed by atoms with Crippen LogP contribution in [0.3, 0.4) is 0 Å². The van der Waals surface area contributed by atoms with Gasteiger partial charge in [-0.1, -0.05) is 6.07 Å². The quantitative estimate of drug-likeness (QED) is 0.635. The number of quaternary nitrogens is 2. The normalized spacial score (nSPS) is 20.8. The number of piperidine rings is 1. The van der Waals surface area contributed by atoms with E-state index in [1.807, 2.05) is 6.07 Å². The van der Waals surface area contributed by atoms with E-state index in [0.717, 1.165) is 31.6 Å². The van der Waals surface area contributed by atoms with Gasteiger partial charge in [-0.05, 0) is 44.3 Å². The minimum atomic E-state index is -0.245. The minimum absolute atomic E-state index is 0.245. The highest BCUT2D eigenvalue weighted by Crippen LogP contribution is 2.15. The molecule has 2 rings (SSSR count). The van der Waals surface area contributed by atoms with Crippen molar-refractivity contribution in [3.05, 3.63) is 30.1 Å². The highest BCUT2D eigenvalue weighted by atomic mass is 32.1. The Hall–Kier alpha value is -1.24. The molecule has 0 saturated carbocycles. The molecule has 6 heteroatoms. The van der Waals surface area contributed by atoms with E-state index < -0.39 is 0 Å². The van der Waals surface area contributed by atoms with E-state index in [4.69, 9.17) is 12.2 Å². The lowest BCUT2D eigenvalue weighted by molar-refractivity contribution is -0.926. The van der Waals surface area contributed by atoms with Gasteiger partial charge >= 0.3 is 0 Å². The van der Waals surface area contributed by atoms with Crippen LogP contribution in [0.5, 0.6) is 0 Å². The molecular formula is C19H33FN4S+2. The summed E-state index contributed by atoms with van der Waals surface area (Å²) in [5, 5.41) is 3.95. The highest BCUT2D eigenvalue weighted by Gasteiger charge is 2.29. The largest absolute Gasteiger partial charge is 0.340 e. The summed E-state index contributed by atoms with van der Waals surface area (Å²) < 4.78 is 13.4. The van der Waals surface area contributed by atoms with Gasteiger partial charge in [0.15, 0.2) is 5.11 Å². The van der Waals surface area contributed by atoms with Crippen molar-refractivity contribution < 1.29 is 14.2 Å². The number of benzene rings is 1. The Bertz CT molecular complexity index is 556. The molecule has 1 fully saturated rings. The topological polar surface area (TPSA) is 24.1 Å². The van der Waals surface area contributed by atoms with Crippen molar-refractivity contribution in [2.45, 2.75) is 38.8 Å². The van der Waals surface area contributed by atoms with Crippen LogP contribution in [0.4, 0.5) is 10.1 Å². The molecule has 1 aromatic carbocycles. The Morgan fingerprint density at radius 3 is 2.60 bits per heavy atom. The first-order chi connectivity index (χ1) is 11.9. The van der Waals surface area contributed by atoms with Gasteiger partial charge in [-0.3, -0.25) is 0 Å². The van der Waals surface area contributed by atoms with Crippen molar-refractivity contribution >= 4 is 23.0 Å². The molecule has 140 valence electrons. The van der Waals surface area contributed by atoms with E-state index in [9.17, 15) is 4.39 Å². The Morgan fingerprint density at radius 1 is 1.36 bits per heavy atom. The summed E-state index contributed by atoms with van der Waals surface area (Å²) >= 11 is 5.69. The molecule has 3 N–H and O–H groups in total. The zero-order valence-corrected chi connectivity index (χ0v) is 16.8. The molecule has 0 radical (unpaired) electrons. The summed E-state index contributed by atoms with van der Waals surface area (Å²) in [6.07, 6.45) is 2.31. The molecule has 1 aliphatic rings. The third kappa shape index (κ3) is 6.20. The molecule has 0 bridgehead atoms. The summed E-state index contributed by atoms with van der Waals surface area (Å²) in [7, 11) is 4.32. The second-order valence-electron chi connectivity index (χ2n) is 7.64. The smallest absolute Gasteiger partial charge is 0.173 e. The predicted octanol–water partition coefficient (Wildman–Crippen LogP) is 0.425. The van der Waals surface area contributed by atoms with Crippen LogP contribution >= 0.6 is 12.2 Å². The predicted molar refractivity (Wildman–Crippen MR) is 106 cm³/mol. The van der Waals surface area contributed by atoms with Crippen LogP contribution in [0, 0.1) is 5.82 Å². The lowest BCUT2D eigenvalue weighted by Gasteiger charge is -2.39. The zero-order chi connectivity index (χ0) is 18.4. The molecule has 0 spiro atoms. The SMILES string of the molecule is CC(C)[NH+]1CCC(N(CC[NH+](C)C)C(=S)Nc2cccc(F)c2)CC1. The van der Waals surface area contributed by atoms with Gasteiger partial charge in [0.25, 0.3) is 0 Å². The third-order valence-electron chi connectivity index (χ3n) is 5.04. The van der Waals surface area contributed by atoms with Gasteiger partial charge in [0, 0.05) is 24.6 Å². The maximum Gasteiger partial charge on any atom is 0.173 e. The standard InChI is InChI=1S/C19H31FN4S/c1-15(2)23-10-8-18(9-11-23)24(13-12-22(3)4)19(25)21-17-7-5-6-16(20)14-17/h5-7,14-15,18H,8-13H2,1-4H3,(H,21,25)/p+2. The maximum absolute atomic E-state index is 13.4. The van der Waals surface area contributed by atoms with Gasteiger partial charge in [-0.2, -0.15) is 0 Å². The first-order valence-corrected chi connectivity index (χ1v) is 9.74. The Balaban J connectivity index is 2.03. The molecule has 1 aliphatic heterocycles. The van der Waals surface area contributed by atoms with Crippen LogP contribution in [0.1, 0.15) is 26.7 Å². The lowest BCUT2D eigenvalue weighted by atomic mass is 10.0. The average molecular weight is 369 g/mol. The molecule has 1 aromatic rings. The van der Waals surface area contributed by atoms with Gasteiger partial charge < -0.3 is 20.0 Å². The number of likely N-dealkylation sites (tertiary alicyclic amines) is 1. The van der Waals surface area contributed by atoms with Crippen molar-refractivity contribution in [3.63, 3.8) is 0 Å². The van der Waals surface area contributed by atoms with Crippen molar-refractivity contribution in [3.8, 4) is 0 Å². The van der Waals surface area contributed by atoms with Gasteiger partial charge in [-0.15, -0.1) is 0 Å². The molecule has 25 heavy (non-hydrogen) atoms. The number of nitrogens with one attached hydrogen (secondary N) is 3. The van der Waals surface area contributed by atoms with E-state index in [-0.39, 0.29) is 5.82 Å². The van der Waals surface area contributed by atoms with Crippen LogP contribution in [0.2, 0.25) is 0 Å². The number of hydrogen-bond donors (Lipinski definition) is 3. The van der Waals surface area contributed by atoms with Crippen LogP contribution in [0.25, 0.3) is 0 Å². The molecule has 0 amide bonds. The Kier molecular flexibility index (Phi) is 7.59. The van der Waals surface area contributed by atoms with Crippen molar-refractivity contribution in [1.29, 1.82) is 0 Å². The number of rotatable bonds is 6. The lowest BCUT2D eigenvalue weighted by Crippen LogP contribution is -3.16. The van der Waals surface area contributed by atoms with Crippen molar-refractivity contribution in [2.24, 2.45) is 0 Å². The van der Waals surface area contributed by atoms with Crippen molar-refractivity contribution in [2.75, 3.05) is 45.6 Å². The second-order valence-corrected chi connectivity index (χ2v) is 8.02. The minimum Gasteiger partial charge on any atom is -0.340 e. The molecule has 0 aromatic heterocycles. The summed E-state index contributed by atoms with van der Waals surface area (Å²) in [6, 6.07) is 7.65. The summed E-state index contributed by atoms with van der Waals surface area (Å²) in [5.74, 6) is -0.245. The fraction of sp³-hybridized carbons (Fsp3) is 0.632. The first-order valence-electron chi connectivity index (χ1n) is 9.33. The van der Waals surface area contributed by atoms with Crippen LogP contribution in [-0.2, 0) is 0 Å². The molecule has 0 atom stereocenters. The van der Waals surface area contributed by atoms with Gasteiger partial charge in [0.2, 0.25) is 0 Å². The fourth-order valence-electron chi connectivity index (χ4n) is 3.42. The van der Waals surface area contributed by atoms with E-state index >= 15 is 0 Å². The molecule has 1 heterocycles. The summed E-state index contributed by atoms with van der Waals surface area (Å²) in [6.45, 7) is 8.91. The Morgan fingerprint density at radius 2 is 2.04 bits per heavy atom. The van der Waals surface area contributed by atoms with E-state index in [2.05, 4.69) is 38.2 Å². The number of thiocarbonyl (C=S) groups is 1. The van der Waals surface area contributed by atoms with Crippen LogP contribution in [0.15, 0.2) is 24.3 Å². The number of anilines is 1. The fourth-order valence-corrected chi connectivity index (χ4v) is 3.78. The monoisotopic (exact) mass is 368 g/mol. The number of likely N-dealkylation sites (N-methyl/N-ethyl adjacent to an activating group) is 1. The van der Waals surface area contributed by atoms with E-state index in [1.165, 1.54) is 30.1 Å². The molecule has 4 nitrogen and oxygen atoms in total. The van der Waals surface area contributed by atoms with Crippen LogP contribution in [-0.4, -0.2) is 62.4 Å². The maximum atomic E-state index is 13.4. The molecule has 0 unspecified atom stereocenters.